The minimum Gasteiger partial charge on any atom is -0.484 e. The lowest BCUT2D eigenvalue weighted by Gasteiger charge is -2.31. The van der Waals surface area contributed by atoms with Gasteiger partial charge in [-0.05, 0) is 46.9 Å². The van der Waals surface area contributed by atoms with Crippen LogP contribution in [0.3, 0.4) is 0 Å². The van der Waals surface area contributed by atoms with Gasteiger partial charge in [-0.1, -0.05) is 85.6 Å². The van der Waals surface area contributed by atoms with Crippen molar-refractivity contribution in [1.82, 2.24) is 10.2 Å². The number of nitrogens with zero attached hydrogens (tertiary/aromatic N) is 1. The molecule has 0 aliphatic rings. The van der Waals surface area contributed by atoms with Crippen molar-refractivity contribution in [3.63, 3.8) is 0 Å². The number of hydrogen-bond donors (Lipinski definition) is 1. The quantitative estimate of drug-likeness (QED) is 0.368. The fourth-order valence-corrected chi connectivity index (χ4v) is 4.05. The average molecular weight is 513 g/mol. The maximum atomic E-state index is 13.5. The molecule has 5 nitrogen and oxygen atoms in total. The van der Waals surface area contributed by atoms with Crippen LogP contribution in [-0.4, -0.2) is 36.4 Å². The summed E-state index contributed by atoms with van der Waals surface area (Å²) in [6, 6.07) is 21.7. The molecule has 184 valence electrons. The van der Waals surface area contributed by atoms with E-state index in [0.717, 1.165) is 11.1 Å². The molecule has 0 fully saturated rings. The van der Waals surface area contributed by atoms with Gasteiger partial charge < -0.3 is 15.0 Å². The zero-order chi connectivity index (χ0) is 25.4. The molecule has 0 heterocycles. The highest BCUT2D eigenvalue weighted by atomic mass is 35.5. The van der Waals surface area contributed by atoms with Gasteiger partial charge in [0.15, 0.2) is 6.61 Å². The van der Waals surface area contributed by atoms with E-state index < -0.39 is 6.04 Å². The van der Waals surface area contributed by atoms with Crippen molar-refractivity contribution in [2.24, 2.45) is 0 Å². The second-order valence-electron chi connectivity index (χ2n) is 8.60. The number of carbonyl (C=O) groups excluding carboxylic acids is 2. The molecule has 0 radical (unpaired) electrons. The van der Waals surface area contributed by atoms with Crippen molar-refractivity contribution >= 4 is 35.0 Å². The molecule has 0 aliphatic carbocycles. The molecule has 0 spiro atoms. The van der Waals surface area contributed by atoms with E-state index in [1.165, 1.54) is 10.5 Å². The second-order valence-corrected chi connectivity index (χ2v) is 9.42. The zero-order valence-corrected chi connectivity index (χ0v) is 21.6. The molecule has 0 aromatic heterocycles. The topological polar surface area (TPSA) is 58.6 Å². The Hall–Kier alpha value is -3.02. The van der Waals surface area contributed by atoms with E-state index in [-0.39, 0.29) is 25.0 Å². The summed E-state index contributed by atoms with van der Waals surface area (Å²) in [6.45, 7) is 4.21. The Morgan fingerprint density at radius 2 is 1.60 bits per heavy atom. The number of benzene rings is 3. The summed E-state index contributed by atoms with van der Waals surface area (Å²) < 4.78 is 5.81. The van der Waals surface area contributed by atoms with Crippen molar-refractivity contribution < 1.29 is 14.3 Å². The van der Waals surface area contributed by atoms with Crippen LogP contribution >= 0.6 is 23.2 Å². The minimum absolute atomic E-state index is 0.177. The van der Waals surface area contributed by atoms with Crippen molar-refractivity contribution in [3.8, 4) is 5.75 Å². The van der Waals surface area contributed by atoms with Crippen LogP contribution in [-0.2, 0) is 22.6 Å². The van der Waals surface area contributed by atoms with Crippen molar-refractivity contribution in [1.29, 1.82) is 0 Å². The van der Waals surface area contributed by atoms with Crippen LogP contribution in [0, 0.1) is 0 Å². The summed E-state index contributed by atoms with van der Waals surface area (Å²) in [6.07, 6.45) is 0.358. The van der Waals surface area contributed by atoms with Gasteiger partial charge in [-0.2, -0.15) is 0 Å². The monoisotopic (exact) mass is 512 g/mol. The summed E-state index contributed by atoms with van der Waals surface area (Å²) in [5.41, 5.74) is 2.89. The van der Waals surface area contributed by atoms with Crippen LogP contribution in [0.4, 0.5) is 0 Å². The highest BCUT2D eigenvalue weighted by Crippen LogP contribution is 2.25. The minimum atomic E-state index is -0.740. The Kier molecular flexibility index (Phi) is 9.58. The van der Waals surface area contributed by atoms with E-state index in [2.05, 4.69) is 19.2 Å². The van der Waals surface area contributed by atoms with Gasteiger partial charge in [-0.15, -0.1) is 0 Å². The Morgan fingerprint density at radius 1 is 0.914 bits per heavy atom. The van der Waals surface area contributed by atoms with Crippen LogP contribution in [0.5, 0.6) is 5.75 Å². The first-order valence-electron chi connectivity index (χ1n) is 11.5. The predicted molar refractivity (Wildman–Crippen MR) is 141 cm³/mol. The SMILES string of the molecule is CNC(=O)[C@H](Cc1ccccc1)N(Cc1ccc(Cl)c(Cl)c1)C(=O)COc1ccc(C(C)C)cc1. The van der Waals surface area contributed by atoms with Crippen LogP contribution in [0.1, 0.15) is 36.5 Å². The average Bonchev–Trinajstić information content (AvgIpc) is 2.87. The molecule has 3 rings (SSSR count). The molecule has 0 saturated carbocycles. The van der Waals surface area contributed by atoms with E-state index >= 15 is 0 Å². The Bertz CT molecular complexity index is 1130. The van der Waals surface area contributed by atoms with Gasteiger partial charge in [0.2, 0.25) is 5.91 Å². The van der Waals surface area contributed by atoms with Gasteiger partial charge in [0.1, 0.15) is 11.8 Å². The molecule has 3 aromatic rings. The number of carbonyl (C=O) groups is 2. The van der Waals surface area contributed by atoms with E-state index in [1.807, 2.05) is 54.6 Å². The van der Waals surface area contributed by atoms with Crippen molar-refractivity contribution in [2.75, 3.05) is 13.7 Å². The first-order valence-corrected chi connectivity index (χ1v) is 12.3. The molecule has 0 unspecified atom stereocenters. The first-order chi connectivity index (χ1) is 16.8. The molecule has 3 aromatic carbocycles. The summed E-state index contributed by atoms with van der Waals surface area (Å²) in [5.74, 6) is 0.424. The number of halogens is 2. The Morgan fingerprint density at radius 3 is 2.20 bits per heavy atom. The largest absolute Gasteiger partial charge is 0.484 e. The molecule has 35 heavy (non-hydrogen) atoms. The van der Waals surface area contributed by atoms with Gasteiger partial charge in [0.05, 0.1) is 10.0 Å². The lowest BCUT2D eigenvalue weighted by Crippen LogP contribution is -2.51. The van der Waals surface area contributed by atoms with Crippen LogP contribution in [0.25, 0.3) is 0 Å². The van der Waals surface area contributed by atoms with Gasteiger partial charge in [0, 0.05) is 20.0 Å². The smallest absolute Gasteiger partial charge is 0.261 e. The van der Waals surface area contributed by atoms with Crippen molar-refractivity contribution in [2.45, 2.75) is 38.8 Å². The second kappa shape index (κ2) is 12.6. The van der Waals surface area contributed by atoms with E-state index in [1.54, 1.807) is 25.2 Å². The predicted octanol–water partition coefficient (Wildman–Crippen LogP) is 5.88. The number of amides is 2. The summed E-state index contributed by atoms with van der Waals surface area (Å²) in [7, 11) is 1.56. The van der Waals surface area contributed by atoms with Crippen molar-refractivity contribution in [3.05, 3.63) is 99.5 Å². The Balaban J connectivity index is 1.86. The highest BCUT2D eigenvalue weighted by molar-refractivity contribution is 6.42. The van der Waals surface area contributed by atoms with Crippen LogP contribution in [0.15, 0.2) is 72.8 Å². The number of ether oxygens (including phenoxy) is 1. The first kappa shape index (κ1) is 26.6. The lowest BCUT2D eigenvalue weighted by atomic mass is 10.0. The molecule has 2 amide bonds. The molecular weight excluding hydrogens is 483 g/mol. The molecular formula is C28H30Cl2N2O3. The fraction of sp³-hybridized carbons (Fsp3) is 0.286. The molecule has 0 saturated heterocycles. The van der Waals surface area contributed by atoms with E-state index in [9.17, 15) is 9.59 Å². The fourth-order valence-electron chi connectivity index (χ4n) is 3.73. The Labute approximate surface area is 217 Å². The zero-order valence-electron chi connectivity index (χ0n) is 20.1. The molecule has 1 N–H and O–H groups in total. The van der Waals surface area contributed by atoms with Gasteiger partial charge in [0.25, 0.3) is 5.91 Å². The van der Waals surface area contributed by atoms with E-state index in [4.69, 9.17) is 27.9 Å². The van der Waals surface area contributed by atoms with E-state index in [0.29, 0.717) is 28.1 Å². The lowest BCUT2D eigenvalue weighted by molar-refractivity contribution is -0.142. The van der Waals surface area contributed by atoms with Gasteiger partial charge in [-0.3, -0.25) is 9.59 Å². The van der Waals surface area contributed by atoms with Crippen LogP contribution < -0.4 is 10.1 Å². The summed E-state index contributed by atoms with van der Waals surface area (Å²) >= 11 is 12.3. The summed E-state index contributed by atoms with van der Waals surface area (Å²) in [5, 5.41) is 3.51. The standard InChI is InChI=1S/C28H30Cl2N2O3/c1-19(2)22-10-12-23(13-11-22)35-18-27(33)32(17-21-9-14-24(29)25(30)15-21)26(28(34)31-3)16-20-7-5-4-6-8-20/h4-15,19,26H,16-18H2,1-3H3,(H,31,34)/t26-/m0/s1. The number of likely N-dealkylation sites (N-methyl/N-ethyl adjacent to an activating group) is 1. The van der Waals surface area contributed by atoms with Crippen LogP contribution in [0.2, 0.25) is 10.0 Å². The maximum Gasteiger partial charge on any atom is 0.261 e. The molecule has 1 atom stereocenters. The van der Waals surface area contributed by atoms with Gasteiger partial charge >= 0.3 is 0 Å². The number of rotatable bonds is 10. The molecule has 7 heteroatoms. The number of nitrogens with one attached hydrogen (secondary N) is 1. The number of hydrogen-bond acceptors (Lipinski definition) is 3. The van der Waals surface area contributed by atoms with Gasteiger partial charge in [-0.25, -0.2) is 0 Å². The third-order valence-electron chi connectivity index (χ3n) is 5.76. The third kappa shape index (κ3) is 7.48. The maximum absolute atomic E-state index is 13.5. The third-order valence-corrected chi connectivity index (χ3v) is 6.50. The normalized spacial score (nSPS) is 11.7. The summed E-state index contributed by atoms with van der Waals surface area (Å²) in [4.78, 5) is 28.0. The highest BCUT2D eigenvalue weighted by Gasteiger charge is 2.30. The molecule has 0 aliphatic heterocycles. The molecule has 0 bridgehead atoms.